The van der Waals surface area contributed by atoms with E-state index in [1.165, 1.54) is 7.11 Å². The Hall–Kier alpha value is -2.87. The molecule has 44 heavy (non-hydrogen) atoms. The first-order chi connectivity index (χ1) is 21.1. The number of aliphatic hydroxyl groups is 4. The van der Waals surface area contributed by atoms with Crippen molar-refractivity contribution in [2.45, 2.75) is 75.1 Å². The van der Waals surface area contributed by atoms with E-state index in [1.54, 1.807) is 0 Å². The molecule has 0 amide bonds. The molecule has 6 nitrogen and oxygen atoms in total. The zero-order valence-electron chi connectivity index (χ0n) is 25.8. The maximum atomic E-state index is 14.7. The van der Waals surface area contributed by atoms with Gasteiger partial charge in [-0.25, -0.2) is 0 Å². The minimum Gasteiger partial charge on any atom is -0.396 e. The number of hydrogen-bond donors (Lipinski definition) is 4. The van der Waals surface area contributed by atoms with Crippen LogP contribution in [0.5, 0.6) is 0 Å². The van der Waals surface area contributed by atoms with Crippen LogP contribution in [0.2, 0.25) is 0 Å². The average Bonchev–Trinajstić information content (AvgIpc) is 3.59. The Morgan fingerprint density at radius 1 is 0.955 bits per heavy atom. The number of Topliss-reactive ketones (excluding diaryl/α,β-unsaturated/α-hetero) is 1. The van der Waals surface area contributed by atoms with Crippen LogP contribution in [-0.4, -0.2) is 58.4 Å². The molecule has 0 aliphatic heterocycles. The molecule has 4 N–H and O–H groups in total. The minimum atomic E-state index is -1.76. The number of ketones is 1. The number of ether oxygens (including phenoxy) is 1. The van der Waals surface area contributed by atoms with Crippen LogP contribution in [0, 0.1) is 22.7 Å². The zero-order chi connectivity index (χ0) is 31.1. The topological polar surface area (TPSA) is 107 Å². The van der Waals surface area contributed by atoms with Gasteiger partial charge in [0.1, 0.15) is 5.78 Å². The van der Waals surface area contributed by atoms with Gasteiger partial charge >= 0.3 is 0 Å². The first-order valence-corrected chi connectivity index (χ1v) is 16.1. The molecule has 2 spiro atoms. The molecule has 0 unspecified atom stereocenters. The summed E-state index contributed by atoms with van der Waals surface area (Å²) >= 11 is 0. The van der Waals surface area contributed by atoms with Gasteiger partial charge in [-0.1, -0.05) is 79.7 Å². The number of methoxy groups -OCH3 is 1. The lowest BCUT2D eigenvalue weighted by molar-refractivity contribution is -0.254. The molecule has 3 aromatic carbocycles. The van der Waals surface area contributed by atoms with Crippen molar-refractivity contribution >= 4 is 16.6 Å². The Morgan fingerprint density at radius 2 is 1.75 bits per heavy atom. The molecule has 7 rings (SSSR count). The van der Waals surface area contributed by atoms with Gasteiger partial charge in [-0.3, -0.25) is 4.79 Å². The molecule has 0 saturated heterocycles. The fraction of sp³-hybridized carbons (Fsp3) is 0.500. The molecule has 0 heterocycles. The van der Waals surface area contributed by atoms with Gasteiger partial charge in [-0.05, 0) is 77.5 Å². The van der Waals surface area contributed by atoms with Gasteiger partial charge in [0.15, 0.2) is 5.79 Å². The standard InChI is InChI=1S/C38H44O6/c1-23-34-29(21-39)19-37(38(34,43)44-3)33(42)12-8-24-5-4-6-30(16-24)36(14-13-31(41)20-36)32(22-40)27-11-10-26-9-7-25(15-28(26)17-27)18-35(23,37)2/h4-7,9-11,15-17,29,31-32,34,39-41,43H,1,8,12-14,18-22H2,2-3H3/t29-,31-,32+,34-,35+,36-,37+,38+/m0/s1. The maximum Gasteiger partial charge on any atom is 0.185 e. The third-order valence-electron chi connectivity index (χ3n) is 12.5. The van der Waals surface area contributed by atoms with E-state index in [0.29, 0.717) is 32.1 Å². The molecule has 6 heteroatoms. The quantitative estimate of drug-likeness (QED) is 0.251. The highest BCUT2D eigenvalue weighted by molar-refractivity contribution is 5.90. The van der Waals surface area contributed by atoms with Crippen LogP contribution < -0.4 is 0 Å². The molecule has 3 saturated carbocycles. The first kappa shape index (κ1) is 29.8. The lowest BCUT2D eigenvalue weighted by Gasteiger charge is -2.48. The molecule has 0 radical (unpaired) electrons. The second-order valence-electron chi connectivity index (χ2n) is 14.3. The Bertz CT molecular complexity index is 1650. The van der Waals surface area contributed by atoms with Crippen molar-refractivity contribution in [2.24, 2.45) is 22.7 Å². The largest absolute Gasteiger partial charge is 0.396 e. The van der Waals surface area contributed by atoms with E-state index in [2.05, 4.69) is 55.1 Å². The molecule has 3 aromatic rings. The van der Waals surface area contributed by atoms with Gasteiger partial charge in [-0.15, -0.1) is 0 Å². The number of aliphatic hydroxyl groups excluding tert-OH is 3. The van der Waals surface area contributed by atoms with Crippen LogP contribution >= 0.6 is 0 Å². The molecular formula is C38H44O6. The van der Waals surface area contributed by atoms with E-state index in [4.69, 9.17) is 4.74 Å². The van der Waals surface area contributed by atoms with Gasteiger partial charge in [0.05, 0.1) is 18.1 Å². The summed E-state index contributed by atoms with van der Waals surface area (Å²) in [6.45, 7) is 6.35. The Balaban J connectivity index is 1.45. The summed E-state index contributed by atoms with van der Waals surface area (Å²) < 4.78 is 5.93. The summed E-state index contributed by atoms with van der Waals surface area (Å²) in [6, 6.07) is 21.0. The van der Waals surface area contributed by atoms with E-state index in [9.17, 15) is 25.2 Å². The highest BCUT2D eigenvalue weighted by Crippen LogP contribution is 2.74. The molecule has 4 aliphatic carbocycles. The summed E-state index contributed by atoms with van der Waals surface area (Å²) in [6.07, 6.45) is 3.07. The fourth-order valence-electron chi connectivity index (χ4n) is 10.3. The van der Waals surface area contributed by atoms with Gasteiger partial charge in [0.25, 0.3) is 0 Å². The van der Waals surface area contributed by atoms with Gasteiger partial charge in [0, 0.05) is 42.8 Å². The Labute approximate surface area is 259 Å². The third kappa shape index (κ3) is 3.81. The number of benzene rings is 3. The van der Waals surface area contributed by atoms with E-state index in [-0.39, 0.29) is 37.3 Å². The molecule has 7 bridgehead atoms. The lowest BCUT2D eigenvalue weighted by atomic mass is 9.55. The summed E-state index contributed by atoms with van der Waals surface area (Å²) in [7, 11) is 1.47. The van der Waals surface area contributed by atoms with Crippen molar-refractivity contribution in [1.82, 2.24) is 0 Å². The smallest absolute Gasteiger partial charge is 0.185 e. The maximum absolute atomic E-state index is 14.7. The molecular weight excluding hydrogens is 552 g/mol. The van der Waals surface area contributed by atoms with Crippen molar-refractivity contribution in [2.75, 3.05) is 20.3 Å². The van der Waals surface area contributed by atoms with Crippen LogP contribution in [0.3, 0.4) is 0 Å². The van der Waals surface area contributed by atoms with Crippen molar-refractivity contribution in [3.8, 4) is 0 Å². The number of rotatable bonds is 3. The molecule has 8 atom stereocenters. The molecule has 0 aromatic heterocycles. The van der Waals surface area contributed by atoms with Gasteiger partial charge in [-0.2, -0.15) is 0 Å². The number of fused-ring (bicyclic) bond motifs is 6. The highest BCUT2D eigenvalue weighted by Gasteiger charge is 2.80. The van der Waals surface area contributed by atoms with Crippen LogP contribution in [0.4, 0.5) is 0 Å². The number of aryl methyl sites for hydroxylation is 1. The lowest BCUT2D eigenvalue weighted by Crippen LogP contribution is -2.56. The van der Waals surface area contributed by atoms with E-state index in [1.807, 2.05) is 19.1 Å². The zero-order valence-corrected chi connectivity index (χ0v) is 25.8. The molecule has 3 fully saturated rings. The fourth-order valence-corrected chi connectivity index (χ4v) is 10.3. The predicted octanol–water partition coefficient (Wildman–Crippen LogP) is 4.98. The van der Waals surface area contributed by atoms with E-state index >= 15 is 0 Å². The second-order valence-corrected chi connectivity index (χ2v) is 14.3. The molecule has 232 valence electrons. The monoisotopic (exact) mass is 596 g/mol. The predicted molar refractivity (Wildman–Crippen MR) is 169 cm³/mol. The van der Waals surface area contributed by atoms with Crippen molar-refractivity contribution in [3.63, 3.8) is 0 Å². The Morgan fingerprint density at radius 3 is 2.45 bits per heavy atom. The van der Waals surface area contributed by atoms with E-state index in [0.717, 1.165) is 45.0 Å². The average molecular weight is 597 g/mol. The minimum absolute atomic E-state index is 0.0376. The number of carbonyl (C=O) groups excluding carboxylic acids is 1. The van der Waals surface area contributed by atoms with Crippen molar-refractivity contribution < 1.29 is 30.0 Å². The van der Waals surface area contributed by atoms with Crippen LogP contribution in [0.15, 0.2) is 72.8 Å². The van der Waals surface area contributed by atoms with Crippen LogP contribution in [0.1, 0.15) is 67.2 Å². The highest BCUT2D eigenvalue weighted by atomic mass is 16.6. The SMILES string of the molecule is C=C1[C@H]2[C@H](CO)C[C@]3(C(=O)CCc4cccc(c4)[C@@]4(CC[C@H](O)C4)[C@H](CO)c4ccc5ccc(cc5c4)C[C@]13C)[C@]2(O)OC. The van der Waals surface area contributed by atoms with Crippen LogP contribution in [-0.2, 0) is 27.8 Å². The first-order valence-electron chi connectivity index (χ1n) is 16.1. The summed E-state index contributed by atoms with van der Waals surface area (Å²) in [5.74, 6) is -2.90. The normalized spacial score (nSPS) is 38.3. The second kappa shape index (κ2) is 10.3. The summed E-state index contributed by atoms with van der Waals surface area (Å²) in [5.41, 5.74) is 2.41. The third-order valence-corrected chi connectivity index (χ3v) is 12.5. The van der Waals surface area contributed by atoms with Gasteiger partial charge in [0.2, 0.25) is 0 Å². The van der Waals surface area contributed by atoms with Crippen LogP contribution in [0.25, 0.3) is 10.8 Å². The van der Waals surface area contributed by atoms with Gasteiger partial charge < -0.3 is 25.2 Å². The van der Waals surface area contributed by atoms with E-state index < -0.39 is 34.1 Å². The number of carbonyl (C=O) groups is 1. The van der Waals surface area contributed by atoms with Crippen molar-refractivity contribution in [3.05, 3.63) is 95.1 Å². The summed E-state index contributed by atoms with van der Waals surface area (Å²) in [5, 5.41) is 46.6. The van der Waals surface area contributed by atoms with Crippen molar-refractivity contribution in [1.29, 1.82) is 0 Å². The number of hydrogen-bond acceptors (Lipinski definition) is 6. The summed E-state index contributed by atoms with van der Waals surface area (Å²) in [4.78, 5) is 14.7. The Kier molecular flexibility index (Phi) is 7.00. The molecule has 4 aliphatic rings.